The second kappa shape index (κ2) is 3.82. The molecule has 1 aromatic rings. The first kappa shape index (κ1) is 12.0. The number of aliphatic hydroxyl groups is 1. The fourth-order valence-corrected chi connectivity index (χ4v) is 1.67. The van der Waals surface area contributed by atoms with E-state index in [-0.39, 0.29) is 6.61 Å². The van der Waals surface area contributed by atoms with Crippen molar-refractivity contribution in [3.05, 3.63) is 29.8 Å². The van der Waals surface area contributed by atoms with Crippen LogP contribution in [0.15, 0.2) is 29.2 Å². The van der Waals surface area contributed by atoms with Crippen LogP contribution in [-0.4, -0.2) is 19.0 Å². The molecule has 0 saturated heterocycles. The van der Waals surface area contributed by atoms with Crippen molar-refractivity contribution in [3.8, 4) is 0 Å². The Morgan fingerprint density at radius 2 is 1.60 bits per heavy atom. The lowest BCUT2D eigenvalue weighted by Gasteiger charge is -2.07. The molecule has 15 heavy (non-hydrogen) atoms. The number of sulfone groups is 1. The fourth-order valence-electron chi connectivity index (χ4n) is 0.908. The molecule has 0 bridgehead atoms. The highest BCUT2D eigenvalue weighted by Gasteiger charge is 2.46. The molecule has 0 fully saturated rings. The summed E-state index contributed by atoms with van der Waals surface area (Å²) in [6, 6.07) is 3.88. The molecule has 0 aliphatic heterocycles. The van der Waals surface area contributed by atoms with Crippen LogP contribution in [0.5, 0.6) is 0 Å². The molecule has 0 aromatic heterocycles. The zero-order valence-corrected chi connectivity index (χ0v) is 8.14. The first-order valence-electron chi connectivity index (χ1n) is 3.80. The monoisotopic (exact) mass is 240 g/mol. The van der Waals surface area contributed by atoms with E-state index in [1.807, 2.05) is 0 Å². The van der Waals surface area contributed by atoms with Gasteiger partial charge >= 0.3 is 5.51 Å². The fraction of sp³-hybridized carbons (Fsp3) is 0.250. The second-order valence-electron chi connectivity index (χ2n) is 2.75. The van der Waals surface area contributed by atoms with E-state index in [4.69, 9.17) is 5.11 Å². The summed E-state index contributed by atoms with van der Waals surface area (Å²) in [6.07, 6.45) is 0. The lowest BCUT2D eigenvalue weighted by molar-refractivity contribution is -0.0436. The average Bonchev–Trinajstić information content (AvgIpc) is 2.16. The summed E-state index contributed by atoms with van der Waals surface area (Å²) < 4.78 is 57.9. The molecule has 0 saturated carbocycles. The Bertz CT molecular complexity index is 433. The SMILES string of the molecule is O=S(=O)(c1ccc(CO)cc1)C(F)(F)F. The third kappa shape index (κ3) is 2.29. The molecule has 1 aromatic carbocycles. The Hall–Kier alpha value is -1.08. The van der Waals surface area contributed by atoms with Gasteiger partial charge in [0.15, 0.2) is 0 Å². The van der Waals surface area contributed by atoms with Gasteiger partial charge in [-0.05, 0) is 17.7 Å². The lowest BCUT2D eigenvalue weighted by Crippen LogP contribution is -2.23. The van der Waals surface area contributed by atoms with Crippen molar-refractivity contribution in [2.24, 2.45) is 0 Å². The van der Waals surface area contributed by atoms with Crippen LogP contribution in [0.25, 0.3) is 0 Å². The Kier molecular flexibility index (Phi) is 3.05. The van der Waals surface area contributed by atoms with E-state index in [1.165, 1.54) is 0 Å². The van der Waals surface area contributed by atoms with Gasteiger partial charge in [-0.2, -0.15) is 13.2 Å². The standard InChI is InChI=1S/C8H7F3O3S/c9-8(10,11)15(13,14)7-3-1-6(5-12)2-4-7/h1-4,12H,5H2. The molecule has 0 atom stereocenters. The lowest BCUT2D eigenvalue weighted by atomic mass is 10.2. The molecule has 1 N–H and O–H groups in total. The van der Waals surface area contributed by atoms with Crippen molar-refractivity contribution in [3.63, 3.8) is 0 Å². The van der Waals surface area contributed by atoms with Crippen LogP contribution < -0.4 is 0 Å². The van der Waals surface area contributed by atoms with Crippen LogP contribution in [0.1, 0.15) is 5.56 Å². The molecule has 0 aliphatic rings. The van der Waals surface area contributed by atoms with Crippen LogP contribution in [0, 0.1) is 0 Å². The van der Waals surface area contributed by atoms with Gasteiger partial charge in [-0.25, -0.2) is 8.42 Å². The Morgan fingerprint density at radius 3 is 1.93 bits per heavy atom. The number of rotatable bonds is 2. The molecule has 0 aliphatic carbocycles. The second-order valence-corrected chi connectivity index (χ2v) is 4.69. The van der Waals surface area contributed by atoms with Crippen molar-refractivity contribution in [2.75, 3.05) is 0 Å². The third-order valence-corrected chi connectivity index (χ3v) is 3.22. The van der Waals surface area contributed by atoms with Gasteiger partial charge < -0.3 is 5.11 Å². The van der Waals surface area contributed by atoms with Crippen molar-refractivity contribution < 1.29 is 26.7 Å². The molecular weight excluding hydrogens is 233 g/mol. The summed E-state index contributed by atoms with van der Waals surface area (Å²) in [5, 5.41) is 8.62. The quantitative estimate of drug-likeness (QED) is 0.851. The van der Waals surface area contributed by atoms with Crippen LogP contribution >= 0.6 is 0 Å². The summed E-state index contributed by atoms with van der Waals surface area (Å²) in [5.74, 6) is 0. The third-order valence-electron chi connectivity index (χ3n) is 1.72. The van der Waals surface area contributed by atoms with Gasteiger partial charge in [-0.15, -0.1) is 0 Å². The van der Waals surface area contributed by atoms with Crippen LogP contribution in [0.2, 0.25) is 0 Å². The van der Waals surface area contributed by atoms with Gasteiger partial charge in [0.1, 0.15) is 0 Å². The highest BCUT2D eigenvalue weighted by Crippen LogP contribution is 2.30. The minimum atomic E-state index is -5.30. The van der Waals surface area contributed by atoms with Gasteiger partial charge in [0, 0.05) is 0 Å². The summed E-state index contributed by atoms with van der Waals surface area (Å²) in [5.41, 5.74) is -4.95. The molecular formula is C8H7F3O3S. The minimum Gasteiger partial charge on any atom is -0.392 e. The van der Waals surface area contributed by atoms with E-state index in [0.717, 1.165) is 24.3 Å². The number of hydrogen-bond acceptors (Lipinski definition) is 3. The molecule has 84 valence electrons. The van der Waals surface area contributed by atoms with E-state index in [1.54, 1.807) is 0 Å². The Labute approximate surface area is 84.1 Å². The number of halogens is 3. The zero-order chi connectivity index (χ0) is 11.7. The number of alkyl halides is 3. The maximum Gasteiger partial charge on any atom is 0.501 e. The van der Waals surface area contributed by atoms with Crippen molar-refractivity contribution in [1.82, 2.24) is 0 Å². The summed E-state index contributed by atoms with van der Waals surface area (Å²) >= 11 is 0. The summed E-state index contributed by atoms with van der Waals surface area (Å²) in [7, 11) is -5.28. The van der Waals surface area contributed by atoms with E-state index >= 15 is 0 Å². The molecule has 0 radical (unpaired) electrons. The minimum absolute atomic E-state index is 0.344. The first-order chi connectivity index (χ1) is 6.79. The van der Waals surface area contributed by atoms with Crippen molar-refractivity contribution >= 4 is 9.84 Å². The van der Waals surface area contributed by atoms with E-state index in [0.29, 0.717) is 5.56 Å². The molecule has 0 heterocycles. The average molecular weight is 240 g/mol. The molecule has 0 spiro atoms. The van der Waals surface area contributed by atoms with Crippen LogP contribution in [0.4, 0.5) is 13.2 Å². The predicted molar refractivity (Wildman–Crippen MR) is 45.6 cm³/mol. The Balaban J connectivity index is 3.18. The molecule has 3 nitrogen and oxygen atoms in total. The zero-order valence-electron chi connectivity index (χ0n) is 7.32. The largest absolute Gasteiger partial charge is 0.501 e. The number of benzene rings is 1. The van der Waals surface area contributed by atoms with Gasteiger partial charge in [0.05, 0.1) is 11.5 Å². The molecule has 0 amide bonds. The van der Waals surface area contributed by atoms with E-state index in [2.05, 4.69) is 0 Å². The van der Waals surface area contributed by atoms with Gasteiger partial charge in [-0.1, -0.05) is 12.1 Å². The van der Waals surface area contributed by atoms with Crippen LogP contribution in [-0.2, 0) is 16.4 Å². The number of aliphatic hydroxyl groups excluding tert-OH is 1. The smallest absolute Gasteiger partial charge is 0.392 e. The maximum atomic E-state index is 12.1. The normalized spacial score (nSPS) is 12.8. The predicted octanol–water partition coefficient (Wildman–Crippen LogP) is 1.47. The van der Waals surface area contributed by atoms with Gasteiger partial charge in [0.2, 0.25) is 0 Å². The number of hydrogen-bond donors (Lipinski definition) is 1. The summed E-state index contributed by atoms with van der Waals surface area (Å²) in [4.78, 5) is -0.827. The Morgan fingerprint density at radius 1 is 1.13 bits per heavy atom. The van der Waals surface area contributed by atoms with E-state index in [9.17, 15) is 21.6 Å². The highest BCUT2D eigenvalue weighted by molar-refractivity contribution is 7.92. The topological polar surface area (TPSA) is 54.4 Å². The van der Waals surface area contributed by atoms with Crippen LogP contribution in [0.3, 0.4) is 0 Å². The van der Waals surface area contributed by atoms with E-state index < -0.39 is 20.2 Å². The van der Waals surface area contributed by atoms with Gasteiger partial charge in [-0.3, -0.25) is 0 Å². The first-order valence-corrected chi connectivity index (χ1v) is 5.28. The maximum absolute atomic E-state index is 12.1. The molecule has 7 heteroatoms. The molecule has 0 unspecified atom stereocenters. The highest BCUT2D eigenvalue weighted by atomic mass is 32.2. The molecule has 1 rings (SSSR count). The summed E-state index contributed by atoms with van der Waals surface area (Å²) in [6.45, 7) is -0.355. The van der Waals surface area contributed by atoms with Gasteiger partial charge in [0.25, 0.3) is 9.84 Å². The van der Waals surface area contributed by atoms with Crippen molar-refractivity contribution in [2.45, 2.75) is 17.0 Å². The van der Waals surface area contributed by atoms with Crippen molar-refractivity contribution in [1.29, 1.82) is 0 Å².